The maximum absolute atomic E-state index is 10.5. The first-order valence-corrected chi connectivity index (χ1v) is 8.95. The molecule has 0 bridgehead atoms. The van der Waals surface area contributed by atoms with E-state index < -0.39 is 6.16 Å². The molecule has 0 heterocycles. The zero-order chi connectivity index (χ0) is 15.5. The lowest BCUT2D eigenvalue weighted by Crippen LogP contribution is -2.03. The Bertz CT molecular complexity index is 434. The molecule has 0 fully saturated rings. The summed E-state index contributed by atoms with van der Waals surface area (Å²) in [7, 11) is 0. The van der Waals surface area contributed by atoms with Gasteiger partial charge in [0.2, 0.25) is 0 Å². The Hall–Kier alpha value is -0.980. The molecule has 5 heteroatoms. The number of rotatable bonds is 10. The summed E-state index contributed by atoms with van der Waals surface area (Å²) in [5.41, 5.74) is 0.749. The first-order valence-electron chi connectivity index (χ1n) is 7.42. The molecule has 0 radical (unpaired) electrons. The van der Waals surface area contributed by atoms with Crippen LogP contribution in [0.3, 0.4) is 0 Å². The summed E-state index contributed by atoms with van der Waals surface area (Å²) in [4.78, 5) is 10.5. The molecule has 0 aromatic heterocycles. The van der Waals surface area contributed by atoms with Crippen LogP contribution >= 0.6 is 22.6 Å². The highest BCUT2D eigenvalue weighted by atomic mass is 127. The monoisotopic (exact) mass is 406 g/mol. The predicted octanol–water partition coefficient (Wildman–Crippen LogP) is 5.16. The molecule has 0 aliphatic heterocycles. The first kappa shape index (κ1) is 18.1. The highest BCUT2D eigenvalue weighted by Gasteiger charge is 2.10. The van der Waals surface area contributed by atoms with Crippen molar-refractivity contribution in [1.82, 2.24) is 0 Å². The van der Waals surface area contributed by atoms with Gasteiger partial charge < -0.3 is 14.9 Å². The molecule has 21 heavy (non-hydrogen) atoms. The number of alkyl halides is 1. The van der Waals surface area contributed by atoms with Gasteiger partial charge in [0.1, 0.15) is 0 Å². The normalized spacial score (nSPS) is 10.5. The molecule has 0 aliphatic rings. The number of benzene rings is 1. The van der Waals surface area contributed by atoms with Gasteiger partial charge in [0.15, 0.2) is 11.5 Å². The van der Waals surface area contributed by atoms with E-state index >= 15 is 0 Å². The van der Waals surface area contributed by atoms with E-state index in [1.165, 1.54) is 42.6 Å². The number of hydrogen-bond acceptors (Lipinski definition) is 3. The minimum absolute atomic E-state index is 0.0128. The van der Waals surface area contributed by atoms with Crippen LogP contribution in [-0.4, -0.2) is 20.8 Å². The van der Waals surface area contributed by atoms with Gasteiger partial charge in [0, 0.05) is 0 Å². The fraction of sp³-hybridized carbons (Fsp3) is 0.562. The molecule has 2 N–H and O–H groups in total. The van der Waals surface area contributed by atoms with E-state index in [0.29, 0.717) is 0 Å². The zero-order valence-corrected chi connectivity index (χ0v) is 14.3. The van der Waals surface area contributed by atoms with Crippen molar-refractivity contribution >= 4 is 28.7 Å². The lowest BCUT2D eigenvalue weighted by atomic mass is 10.0. The van der Waals surface area contributed by atoms with Gasteiger partial charge >= 0.3 is 6.16 Å². The molecule has 1 aromatic carbocycles. The molecule has 1 aromatic rings. The maximum Gasteiger partial charge on any atom is 0.511 e. The standard InChI is InChI=1S/C16H23IO4/c17-12-7-5-3-1-2-4-6-9-13-10-8-11-14(15(13)18)21-16(19)20/h8,10-11,18H,1-7,9,12H2,(H,19,20). The van der Waals surface area contributed by atoms with Crippen molar-refractivity contribution in [3.05, 3.63) is 23.8 Å². The molecular weight excluding hydrogens is 383 g/mol. The SMILES string of the molecule is O=C(O)Oc1cccc(CCCCCCCCCI)c1O. The summed E-state index contributed by atoms with van der Waals surface area (Å²) < 4.78 is 5.78. The van der Waals surface area contributed by atoms with Crippen molar-refractivity contribution in [2.75, 3.05) is 4.43 Å². The largest absolute Gasteiger partial charge is 0.511 e. The third-order valence-corrected chi connectivity index (χ3v) is 4.12. The van der Waals surface area contributed by atoms with Crippen LogP contribution in [0.15, 0.2) is 18.2 Å². The Balaban J connectivity index is 2.27. The molecule has 1 rings (SSSR count). The number of hydrogen-bond donors (Lipinski definition) is 2. The van der Waals surface area contributed by atoms with E-state index in [2.05, 4.69) is 27.3 Å². The molecule has 0 unspecified atom stereocenters. The second kappa shape index (κ2) is 10.7. The van der Waals surface area contributed by atoms with Crippen LogP contribution in [0.5, 0.6) is 11.5 Å². The van der Waals surface area contributed by atoms with E-state index in [0.717, 1.165) is 24.8 Å². The number of ether oxygens (including phenoxy) is 1. The fourth-order valence-electron chi connectivity index (χ4n) is 2.24. The summed E-state index contributed by atoms with van der Waals surface area (Å²) in [6.45, 7) is 0. The summed E-state index contributed by atoms with van der Waals surface area (Å²) in [6, 6.07) is 4.97. The van der Waals surface area contributed by atoms with Crippen LogP contribution in [-0.2, 0) is 6.42 Å². The van der Waals surface area contributed by atoms with Crippen molar-refractivity contribution in [1.29, 1.82) is 0 Å². The smallest absolute Gasteiger partial charge is 0.504 e. The summed E-state index contributed by atoms with van der Waals surface area (Å²) in [5.74, 6) is -0.0410. The molecule has 0 amide bonds. The Labute approximate surface area is 139 Å². The highest BCUT2D eigenvalue weighted by Crippen LogP contribution is 2.31. The Morgan fingerprint density at radius 3 is 2.29 bits per heavy atom. The van der Waals surface area contributed by atoms with Crippen molar-refractivity contribution < 1.29 is 19.7 Å². The van der Waals surface area contributed by atoms with Crippen LogP contribution in [0.2, 0.25) is 0 Å². The van der Waals surface area contributed by atoms with Crippen molar-refractivity contribution in [3.63, 3.8) is 0 Å². The number of aryl methyl sites for hydroxylation is 1. The number of halogens is 1. The van der Waals surface area contributed by atoms with Gasteiger partial charge in [-0.2, -0.15) is 0 Å². The van der Waals surface area contributed by atoms with E-state index in [1.54, 1.807) is 6.07 Å². The third kappa shape index (κ3) is 7.55. The highest BCUT2D eigenvalue weighted by molar-refractivity contribution is 14.1. The summed E-state index contributed by atoms with van der Waals surface area (Å²) in [5, 5.41) is 18.5. The van der Waals surface area contributed by atoms with Crippen LogP contribution in [0.4, 0.5) is 4.79 Å². The molecule has 0 atom stereocenters. The zero-order valence-electron chi connectivity index (χ0n) is 12.2. The number of carbonyl (C=O) groups is 1. The van der Waals surface area contributed by atoms with Gasteiger partial charge in [-0.3, -0.25) is 0 Å². The van der Waals surface area contributed by atoms with Gasteiger partial charge in [-0.1, -0.05) is 66.8 Å². The second-order valence-corrected chi connectivity index (χ2v) is 6.12. The van der Waals surface area contributed by atoms with Crippen LogP contribution in [0.1, 0.15) is 50.5 Å². The number of para-hydroxylation sites is 1. The number of phenolic OH excluding ortho intramolecular Hbond substituents is 1. The van der Waals surface area contributed by atoms with Gasteiger partial charge in [-0.25, -0.2) is 4.79 Å². The number of unbranched alkanes of at least 4 members (excludes halogenated alkanes) is 6. The average Bonchev–Trinajstić information content (AvgIpc) is 2.45. The minimum atomic E-state index is -1.41. The van der Waals surface area contributed by atoms with Crippen molar-refractivity contribution in [3.8, 4) is 11.5 Å². The van der Waals surface area contributed by atoms with Crippen molar-refractivity contribution in [2.45, 2.75) is 51.4 Å². The van der Waals surface area contributed by atoms with Crippen molar-refractivity contribution in [2.24, 2.45) is 0 Å². The van der Waals surface area contributed by atoms with E-state index in [1.807, 2.05) is 6.07 Å². The molecule has 0 spiro atoms. The van der Waals surface area contributed by atoms with Crippen LogP contribution in [0.25, 0.3) is 0 Å². The van der Waals surface area contributed by atoms with Gasteiger partial charge in [-0.05, 0) is 35.3 Å². The first-order chi connectivity index (χ1) is 10.1. The lowest BCUT2D eigenvalue weighted by Gasteiger charge is -2.08. The van der Waals surface area contributed by atoms with Gasteiger partial charge in [-0.15, -0.1) is 0 Å². The quantitative estimate of drug-likeness (QED) is 0.185. The van der Waals surface area contributed by atoms with E-state index in [9.17, 15) is 9.90 Å². The Morgan fingerprint density at radius 2 is 1.67 bits per heavy atom. The number of phenols is 1. The summed E-state index contributed by atoms with van der Waals surface area (Å²) in [6.07, 6.45) is 7.88. The maximum atomic E-state index is 10.5. The third-order valence-electron chi connectivity index (χ3n) is 3.36. The topological polar surface area (TPSA) is 66.8 Å². The van der Waals surface area contributed by atoms with E-state index in [-0.39, 0.29) is 11.5 Å². The summed E-state index contributed by atoms with van der Waals surface area (Å²) >= 11 is 2.41. The molecular formula is C16H23IO4. The second-order valence-electron chi connectivity index (χ2n) is 5.05. The Morgan fingerprint density at radius 1 is 1.05 bits per heavy atom. The van der Waals surface area contributed by atoms with Crippen LogP contribution in [0, 0.1) is 0 Å². The van der Waals surface area contributed by atoms with Crippen LogP contribution < -0.4 is 4.74 Å². The number of carboxylic acid groups (broad SMARTS) is 1. The lowest BCUT2D eigenvalue weighted by molar-refractivity contribution is 0.143. The fourth-order valence-corrected chi connectivity index (χ4v) is 2.78. The molecule has 118 valence electrons. The molecule has 0 saturated heterocycles. The predicted molar refractivity (Wildman–Crippen MR) is 91.7 cm³/mol. The van der Waals surface area contributed by atoms with Gasteiger partial charge in [0.25, 0.3) is 0 Å². The molecule has 4 nitrogen and oxygen atoms in total. The minimum Gasteiger partial charge on any atom is -0.504 e. The molecule has 0 saturated carbocycles. The number of aromatic hydroxyl groups is 1. The van der Waals surface area contributed by atoms with Gasteiger partial charge in [0.05, 0.1) is 0 Å². The van der Waals surface area contributed by atoms with E-state index in [4.69, 9.17) is 5.11 Å². The molecule has 0 aliphatic carbocycles. The average molecular weight is 406 g/mol. The Kier molecular flexibility index (Phi) is 9.21.